The van der Waals surface area contributed by atoms with Gasteiger partial charge in [-0.15, -0.1) is 0 Å². The van der Waals surface area contributed by atoms with Crippen LogP contribution in [0.25, 0.3) is 0 Å². The Kier molecular flexibility index (Phi) is 4.05. The highest BCUT2D eigenvalue weighted by Gasteiger charge is 2.23. The van der Waals surface area contributed by atoms with Crippen LogP contribution in [0.1, 0.15) is 11.4 Å². The zero-order valence-corrected chi connectivity index (χ0v) is 11.3. The van der Waals surface area contributed by atoms with Crippen molar-refractivity contribution >= 4 is 10.0 Å². The van der Waals surface area contributed by atoms with Crippen molar-refractivity contribution in [2.24, 2.45) is 0 Å². The van der Waals surface area contributed by atoms with E-state index in [-0.39, 0.29) is 6.54 Å². The first-order valence-corrected chi connectivity index (χ1v) is 7.09. The number of hydrogen-bond donors (Lipinski definition) is 1. The molecule has 0 saturated heterocycles. The molecule has 0 fully saturated rings. The summed E-state index contributed by atoms with van der Waals surface area (Å²) in [5.41, 5.74) is 1.02. The highest BCUT2D eigenvalue weighted by atomic mass is 32.2. The lowest BCUT2D eigenvalue weighted by molar-refractivity contribution is 0.513. The molecule has 0 spiro atoms. The summed E-state index contributed by atoms with van der Waals surface area (Å²) >= 11 is 0. The van der Waals surface area contributed by atoms with Gasteiger partial charge in [0.2, 0.25) is 10.0 Å². The van der Waals surface area contributed by atoms with Crippen LogP contribution < -0.4 is 4.72 Å². The van der Waals surface area contributed by atoms with E-state index in [1.165, 1.54) is 12.4 Å². The van der Waals surface area contributed by atoms with E-state index in [9.17, 15) is 17.2 Å². The summed E-state index contributed by atoms with van der Waals surface area (Å²) in [4.78, 5) is 6.89. The minimum absolute atomic E-state index is 0.205. The Balaban J connectivity index is 2.22. The van der Waals surface area contributed by atoms with Gasteiger partial charge in [0.15, 0.2) is 4.90 Å². The third kappa shape index (κ3) is 3.14. The summed E-state index contributed by atoms with van der Waals surface area (Å²) < 4.78 is 52.7. The number of nitrogens with zero attached hydrogens (tertiary/aromatic N) is 2. The lowest BCUT2D eigenvalue weighted by Gasteiger charge is -2.08. The molecule has 0 aliphatic rings. The molecular weight excluding hydrogens is 288 g/mol. The minimum Gasteiger partial charge on any atom is -0.258 e. The molecule has 0 amide bonds. The largest absolute Gasteiger partial charge is 0.258 e. The zero-order valence-electron chi connectivity index (χ0n) is 10.5. The molecule has 1 aromatic heterocycles. The molecule has 5 nitrogen and oxygen atoms in total. The number of nitrogens with one attached hydrogen (secondary N) is 1. The maximum Gasteiger partial charge on any atom is 0.246 e. The van der Waals surface area contributed by atoms with Crippen LogP contribution in [0.4, 0.5) is 8.78 Å². The van der Waals surface area contributed by atoms with Gasteiger partial charge in [-0.3, -0.25) is 9.97 Å². The number of aromatic nitrogens is 2. The minimum atomic E-state index is -4.30. The summed E-state index contributed by atoms with van der Waals surface area (Å²) in [6.07, 6.45) is 2.85. The second-order valence-electron chi connectivity index (χ2n) is 4.02. The van der Waals surface area contributed by atoms with Gasteiger partial charge in [0, 0.05) is 6.20 Å². The Morgan fingerprint density at radius 2 is 1.80 bits per heavy atom. The van der Waals surface area contributed by atoms with Gasteiger partial charge in [-0.2, -0.15) is 0 Å². The van der Waals surface area contributed by atoms with Gasteiger partial charge < -0.3 is 0 Å². The quantitative estimate of drug-likeness (QED) is 0.929. The molecule has 0 unspecified atom stereocenters. The van der Waals surface area contributed by atoms with Gasteiger partial charge >= 0.3 is 0 Å². The molecule has 8 heteroatoms. The molecule has 20 heavy (non-hydrogen) atoms. The average Bonchev–Trinajstić information content (AvgIpc) is 2.37. The van der Waals surface area contributed by atoms with Gasteiger partial charge in [0.05, 0.1) is 24.1 Å². The SMILES string of the molecule is Cc1cnc(CNS(=O)(=O)c2c(F)cccc2F)cn1. The van der Waals surface area contributed by atoms with E-state index in [1.807, 2.05) is 0 Å². The maximum absolute atomic E-state index is 13.4. The van der Waals surface area contributed by atoms with Crippen LogP contribution in [0.15, 0.2) is 35.5 Å². The molecule has 1 heterocycles. The monoisotopic (exact) mass is 299 g/mol. The molecule has 0 bridgehead atoms. The van der Waals surface area contributed by atoms with Crippen LogP contribution in [-0.4, -0.2) is 18.4 Å². The molecule has 0 aliphatic carbocycles. The first-order valence-electron chi connectivity index (χ1n) is 5.61. The van der Waals surface area contributed by atoms with Crippen LogP contribution >= 0.6 is 0 Å². The number of aryl methyl sites for hydroxylation is 1. The third-order valence-corrected chi connectivity index (χ3v) is 3.92. The molecular formula is C12H11F2N3O2S. The van der Waals surface area contributed by atoms with Crippen molar-refractivity contribution in [3.8, 4) is 0 Å². The van der Waals surface area contributed by atoms with E-state index < -0.39 is 26.6 Å². The van der Waals surface area contributed by atoms with Crippen LogP contribution in [0, 0.1) is 18.6 Å². The highest BCUT2D eigenvalue weighted by Crippen LogP contribution is 2.18. The molecule has 1 aromatic carbocycles. The maximum atomic E-state index is 13.4. The second kappa shape index (κ2) is 5.59. The van der Waals surface area contributed by atoms with Crippen LogP contribution in [0.2, 0.25) is 0 Å². The van der Waals surface area contributed by atoms with E-state index in [4.69, 9.17) is 0 Å². The highest BCUT2D eigenvalue weighted by molar-refractivity contribution is 7.89. The van der Waals surface area contributed by atoms with E-state index >= 15 is 0 Å². The third-order valence-electron chi connectivity index (χ3n) is 2.47. The molecule has 0 saturated carbocycles. The summed E-state index contributed by atoms with van der Waals surface area (Å²) in [7, 11) is -4.30. The van der Waals surface area contributed by atoms with E-state index in [2.05, 4.69) is 14.7 Å². The van der Waals surface area contributed by atoms with Crippen molar-refractivity contribution in [3.05, 3.63) is 53.6 Å². The topological polar surface area (TPSA) is 72.0 Å². The van der Waals surface area contributed by atoms with Gasteiger partial charge in [0.25, 0.3) is 0 Å². The Labute approximate surface area is 114 Å². The fourth-order valence-corrected chi connectivity index (χ4v) is 2.62. The summed E-state index contributed by atoms with van der Waals surface area (Å²) in [5.74, 6) is -2.29. The second-order valence-corrected chi connectivity index (χ2v) is 5.73. The zero-order chi connectivity index (χ0) is 14.8. The van der Waals surface area contributed by atoms with Gasteiger partial charge in [-0.05, 0) is 19.1 Å². The van der Waals surface area contributed by atoms with Crippen molar-refractivity contribution in [2.45, 2.75) is 18.4 Å². The van der Waals surface area contributed by atoms with Crippen LogP contribution in [0.3, 0.4) is 0 Å². The normalized spacial score (nSPS) is 11.6. The summed E-state index contributed by atoms with van der Waals surface area (Å²) in [6, 6.07) is 2.85. The molecule has 0 aliphatic heterocycles. The Hall–Kier alpha value is -1.93. The summed E-state index contributed by atoms with van der Waals surface area (Å²) in [5, 5.41) is 0. The van der Waals surface area contributed by atoms with Gasteiger partial charge in [-0.1, -0.05) is 6.07 Å². The van der Waals surface area contributed by atoms with Crippen molar-refractivity contribution in [3.63, 3.8) is 0 Å². The Bertz CT molecular complexity index is 698. The summed E-state index contributed by atoms with van der Waals surface area (Å²) in [6.45, 7) is 1.53. The number of rotatable bonds is 4. The van der Waals surface area contributed by atoms with Crippen LogP contribution in [0.5, 0.6) is 0 Å². The number of sulfonamides is 1. The van der Waals surface area contributed by atoms with Crippen molar-refractivity contribution in [2.75, 3.05) is 0 Å². The molecule has 2 aromatic rings. The molecule has 106 valence electrons. The van der Waals surface area contributed by atoms with Crippen LogP contribution in [-0.2, 0) is 16.6 Å². The van der Waals surface area contributed by atoms with Crippen molar-refractivity contribution in [1.29, 1.82) is 0 Å². The number of halogens is 2. The lowest BCUT2D eigenvalue weighted by Crippen LogP contribution is -2.25. The van der Waals surface area contributed by atoms with Gasteiger partial charge in [-0.25, -0.2) is 21.9 Å². The van der Waals surface area contributed by atoms with E-state index in [1.54, 1.807) is 6.92 Å². The Morgan fingerprint density at radius 3 is 2.35 bits per heavy atom. The average molecular weight is 299 g/mol. The van der Waals surface area contributed by atoms with E-state index in [0.29, 0.717) is 11.4 Å². The number of benzene rings is 1. The number of hydrogen-bond acceptors (Lipinski definition) is 4. The predicted molar refractivity (Wildman–Crippen MR) is 67.2 cm³/mol. The van der Waals surface area contributed by atoms with Crippen molar-refractivity contribution < 1.29 is 17.2 Å². The van der Waals surface area contributed by atoms with Gasteiger partial charge in [0.1, 0.15) is 11.6 Å². The molecule has 1 N–H and O–H groups in total. The lowest BCUT2D eigenvalue weighted by atomic mass is 10.3. The predicted octanol–water partition coefficient (Wildman–Crippen LogP) is 1.54. The Morgan fingerprint density at radius 1 is 1.15 bits per heavy atom. The first kappa shape index (κ1) is 14.5. The van der Waals surface area contributed by atoms with Crippen molar-refractivity contribution in [1.82, 2.24) is 14.7 Å². The van der Waals surface area contributed by atoms with E-state index in [0.717, 1.165) is 18.2 Å². The molecule has 0 atom stereocenters. The fraction of sp³-hybridized carbons (Fsp3) is 0.167. The smallest absolute Gasteiger partial charge is 0.246 e. The molecule has 2 rings (SSSR count). The molecule has 0 radical (unpaired) electrons. The fourth-order valence-electron chi connectivity index (χ4n) is 1.49. The standard InChI is InChI=1S/C12H11F2N3O2S/c1-8-5-16-9(6-15-8)7-17-20(18,19)12-10(13)3-2-4-11(12)14/h2-6,17H,7H2,1H3. The first-order chi connectivity index (χ1) is 9.40.